The van der Waals surface area contributed by atoms with Crippen molar-refractivity contribution in [2.24, 2.45) is 0 Å². The minimum Gasteiger partial charge on any atom is -0.496 e. The van der Waals surface area contributed by atoms with E-state index in [9.17, 15) is 0 Å². The van der Waals surface area contributed by atoms with E-state index in [1.807, 2.05) is 31.2 Å². The molecule has 0 spiro atoms. The molecule has 2 rings (SSSR count). The first kappa shape index (κ1) is 12.1. The third kappa shape index (κ3) is 2.33. The van der Waals surface area contributed by atoms with Gasteiger partial charge < -0.3 is 4.74 Å². The highest BCUT2D eigenvalue weighted by Gasteiger charge is 2.14. The molecule has 86 valence electrons. The maximum absolute atomic E-state index is 8.89. The van der Waals surface area contributed by atoms with Crippen molar-refractivity contribution >= 4 is 27.3 Å². The molecule has 0 saturated carbocycles. The molecule has 1 aromatic heterocycles. The predicted molar refractivity (Wildman–Crippen MR) is 71.3 cm³/mol. The van der Waals surface area contributed by atoms with Gasteiger partial charge in [0.15, 0.2) is 5.69 Å². The Hall–Kier alpha value is -1.38. The summed E-state index contributed by atoms with van der Waals surface area (Å²) in [6.07, 6.45) is 0. The zero-order valence-corrected chi connectivity index (χ0v) is 11.7. The first-order valence-corrected chi connectivity index (χ1v) is 6.48. The van der Waals surface area contributed by atoms with Gasteiger partial charge in [-0.3, -0.25) is 0 Å². The number of benzene rings is 1. The van der Waals surface area contributed by atoms with Gasteiger partial charge in [0, 0.05) is 0 Å². The summed E-state index contributed by atoms with van der Waals surface area (Å²) in [5.41, 5.74) is 2.46. The minimum absolute atomic E-state index is 0.411. The first-order chi connectivity index (χ1) is 8.15. The van der Waals surface area contributed by atoms with Crippen LogP contribution < -0.4 is 4.74 Å². The summed E-state index contributed by atoms with van der Waals surface area (Å²) in [7, 11) is 1.63. The van der Waals surface area contributed by atoms with Crippen molar-refractivity contribution in [1.82, 2.24) is 4.98 Å². The number of nitrogens with zero attached hydrogens (tertiary/aromatic N) is 2. The largest absolute Gasteiger partial charge is 0.496 e. The van der Waals surface area contributed by atoms with Crippen molar-refractivity contribution in [2.75, 3.05) is 7.11 Å². The molecule has 0 bridgehead atoms. The lowest BCUT2D eigenvalue weighted by Gasteiger charge is -2.06. The Balaban J connectivity index is 2.59. The topological polar surface area (TPSA) is 45.9 Å². The second-order valence-corrected chi connectivity index (χ2v) is 5.77. The number of nitriles is 1. The average molecular weight is 309 g/mol. The molecule has 0 aliphatic heterocycles. The Kier molecular flexibility index (Phi) is 3.46. The molecule has 3 nitrogen and oxygen atoms in total. The van der Waals surface area contributed by atoms with Crippen molar-refractivity contribution < 1.29 is 4.74 Å². The molecule has 5 heteroatoms. The molecule has 1 heterocycles. The molecule has 0 saturated heterocycles. The summed E-state index contributed by atoms with van der Waals surface area (Å²) in [6.45, 7) is 2.01. The van der Waals surface area contributed by atoms with Gasteiger partial charge >= 0.3 is 0 Å². The van der Waals surface area contributed by atoms with Crippen molar-refractivity contribution in [3.8, 4) is 22.4 Å². The Morgan fingerprint density at radius 2 is 2.24 bits per heavy atom. The van der Waals surface area contributed by atoms with Crippen LogP contribution >= 0.6 is 27.3 Å². The van der Waals surface area contributed by atoms with Gasteiger partial charge in [-0.25, -0.2) is 4.98 Å². The Morgan fingerprint density at radius 3 is 2.82 bits per heavy atom. The maximum Gasteiger partial charge on any atom is 0.166 e. The van der Waals surface area contributed by atoms with Crippen LogP contribution in [-0.4, -0.2) is 12.1 Å². The van der Waals surface area contributed by atoms with Gasteiger partial charge in [-0.1, -0.05) is 11.6 Å². The average Bonchev–Trinajstić information content (AvgIpc) is 2.70. The van der Waals surface area contributed by atoms with Gasteiger partial charge in [0.05, 0.1) is 12.7 Å². The first-order valence-electron chi connectivity index (χ1n) is 4.87. The van der Waals surface area contributed by atoms with Crippen molar-refractivity contribution in [3.63, 3.8) is 0 Å². The van der Waals surface area contributed by atoms with Crippen molar-refractivity contribution in [3.05, 3.63) is 33.2 Å². The standard InChI is InChI=1S/C12H9BrN2OS/c1-7-3-4-10(16-2)8(5-7)12-15-9(6-14)11(13)17-12/h3-5H,1-2H3. The summed E-state index contributed by atoms with van der Waals surface area (Å²) in [5, 5.41) is 9.68. The van der Waals surface area contributed by atoms with E-state index in [-0.39, 0.29) is 0 Å². The number of rotatable bonds is 2. The molecular weight excluding hydrogens is 300 g/mol. The number of methoxy groups -OCH3 is 1. The summed E-state index contributed by atoms with van der Waals surface area (Å²) in [6, 6.07) is 7.95. The minimum atomic E-state index is 0.411. The monoisotopic (exact) mass is 308 g/mol. The second kappa shape index (κ2) is 4.86. The molecule has 0 radical (unpaired) electrons. The van der Waals surface area contributed by atoms with Crippen LogP contribution in [0.1, 0.15) is 11.3 Å². The van der Waals surface area contributed by atoms with Gasteiger partial charge in [0.1, 0.15) is 20.6 Å². The summed E-state index contributed by atoms with van der Waals surface area (Å²) in [4.78, 5) is 4.28. The van der Waals surface area contributed by atoms with E-state index in [4.69, 9.17) is 10.00 Å². The quantitative estimate of drug-likeness (QED) is 0.848. The summed E-state index contributed by atoms with van der Waals surface area (Å²) >= 11 is 4.77. The van der Waals surface area contributed by atoms with E-state index in [0.29, 0.717) is 5.69 Å². The highest BCUT2D eigenvalue weighted by atomic mass is 79.9. The van der Waals surface area contributed by atoms with Crippen LogP contribution in [0.25, 0.3) is 10.6 Å². The normalized spacial score (nSPS) is 10.0. The molecule has 0 aliphatic rings. The van der Waals surface area contributed by atoms with Gasteiger partial charge in [-0.15, -0.1) is 11.3 Å². The van der Waals surface area contributed by atoms with Crippen LogP contribution in [0, 0.1) is 18.3 Å². The molecule has 1 aromatic carbocycles. The highest BCUT2D eigenvalue weighted by Crippen LogP contribution is 2.37. The SMILES string of the molecule is COc1ccc(C)cc1-c1nc(C#N)c(Br)s1. The van der Waals surface area contributed by atoms with E-state index in [0.717, 1.165) is 25.7 Å². The molecule has 0 aliphatic carbocycles. The summed E-state index contributed by atoms with van der Waals surface area (Å²) < 4.78 is 6.05. The molecular formula is C12H9BrN2OS. The fourth-order valence-electron chi connectivity index (χ4n) is 1.47. The molecule has 0 fully saturated rings. The zero-order valence-electron chi connectivity index (χ0n) is 9.32. The molecule has 0 amide bonds. The zero-order chi connectivity index (χ0) is 12.4. The Morgan fingerprint density at radius 1 is 1.47 bits per heavy atom. The van der Waals surface area contributed by atoms with Gasteiger partial charge in [-0.2, -0.15) is 5.26 Å². The highest BCUT2D eigenvalue weighted by molar-refractivity contribution is 9.11. The fraction of sp³-hybridized carbons (Fsp3) is 0.167. The summed E-state index contributed by atoms with van der Waals surface area (Å²) in [5.74, 6) is 0.765. The lowest BCUT2D eigenvalue weighted by atomic mass is 10.1. The molecule has 0 atom stereocenters. The van der Waals surface area contributed by atoms with Crippen LogP contribution in [0.2, 0.25) is 0 Å². The molecule has 17 heavy (non-hydrogen) atoms. The van der Waals surface area contributed by atoms with E-state index < -0.39 is 0 Å². The van der Waals surface area contributed by atoms with E-state index in [1.54, 1.807) is 7.11 Å². The van der Waals surface area contributed by atoms with Crippen LogP contribution in [0.4, 0.5) is 0 Å². The smallest absolute Gasteiger partial charge is 0.166 e. The Bertz CT molecular complexity index is 601. The van der Waals surface area contributed by atoms with Gasteiger partial charge in [-0.05, 0) is 35.0 Å². The molecule has 0 N–H and O–H groups in total. The number of thiazole rings is 1. The lowest BCUT2D eigenvalue weighted by molar-refractivity contribution is 0.416. The Labute approximate surface area is 112 Å². The van der Waals surface area contributed by atoms with Gasteiger partial charge in [0.25, 0.3) is 0 Å². The second-order valence-electron chi connectivity index (χ2n) is 3.46. The predicted octanol–water partition coefficient (Wildman–Crippen LogP) is 3.76. The van der Waals surface area contributed by atoms with Crippen molar-refractivity contribution in [2.45, 2.75) is 6.92 Å². The number of ether oxygens (including phenoxy) is 1. The van der Waals surface area contributed by atoms with E-state index >= 15 is 0 Å². The number of hydrogen-bond donors (Lipinski definition) is 0. The lowest BCUT2D eigenvalue weighted by Crippen LogP contribution is -1.88. The number of halogens is 1. The number of aromatic nitrogens is 1. The maximum atomic E-state index is 8.89. The molecule has 2 aromatic rings. The van der Waals surface area contributed by atoms with Crippen LogP contribution in [0.3, 0.4) is 0 Å². The van der Waals surface area contributed by atoms with E-state index in [2.05, 4.69) is 20.9 Å². The van der Waals surface area contributed by atoms with Crippen LogP contribution in [0.5, 0.6) is 5.75 Å². The third-order valence-electron chi connectivity index (χ3n) is 2.28. The van der Waals surface area contributed by atoms with Crippen molar-refractivity contribution in [1.29, 1.82) is 5.26 Å². The third-order valence-corrected chi connectivity index (χ3v) is 4.02. The van der Waals surface area contributed by atoms with Gasteiger partial charge in [0.2, 0.25) is 0 Å². The number of hydrogen-bond acceptors (Lipinski definition) is 4. The van der Waals surface area contributed by atoms with E-state index in [1.165, 1.54) is 11.3 Å². The van der Waals surface area contributed by atoms with Crippen LogP contribution in [0.15, 0.2) is 22.0 Å². The molecule has 0 unspecified atom stereocenters. The number of aryl methyl sites for hydroxylation is 1. The fourth-order valence-corrected chi connectivity index (χ4v) is 2.88. The van der Waals surface area contributed by atoms with Crippen LogP contribution in [-0.2, 0) is 0 Å².